The van der Waals surface area contributed by atoms with Crippen LogP contribution in [0.3, 0.4) is 0 Å². The van der Waals surface area contributed by atoms with Gasteiger partial charge in [0, 0.05) is 37.2 Å². The number of benzene rings is 1. The molecule has 0 N–H and O–H groups in total. The zero-order valence-corrected chi connectivity index (χ0v) is 21.8. The number of hydrogen-bond acceptors (Lipinski definition) is 6. The van der Waals surface area contributed by atoms with Gasteiger partial charge in [0.2, 0.25) is 0 Å². The number of halogens is 1. The van der Waals surface area contributed by atoms with Crippen LogP contribution in [-0.4, -0.2) is 87.4 Å². The van der Waals surface area contributed by atoms with E-state index in [2.05, 4.69) is 39.6 Å². The van der Waals surface area contributed by atoms with E-state index in [1.54, 1.807) is 14.2 Å². The molecule has 0 saturated carbocycles. The molecule has 1 aromatic carbocycles. The highest BCUT2D eigenvalue weighted by atomic mass is 79.9. The Morgan fingerprint density at radius 3 is 2.22 bits per heavy atom. The molecule has 2 rings (SSSR count). The lowest BCUT2D eigenvalue weighted by Gasteiger charge is -2.34. The van der Waals surface area contributed by atoms with Crippen molar-refractivity contribution in [1.82, 2.24) is 14.7 Å². The first kappa shape index (κ1) is 26.7. The van der Waals surface area contributed by atoms with Gasteiger partial charge in [-0.1, -0.05) is 42.6 Å². The smallest absolute Gasteiger partial charge is 0.409 e. The quantitative estimate of drug-likeness (QED) is 0.358. The van der Waals surface area contributed by atoms with Crippen LogP contribution in [0.2, 0.25) is 0 Å². The number of carbonyl (C=O) groups is 1. The lowest BCUT2D eigenvalue weighted by Crippen LogP contribution is -2.48. The normalized spacial score (nSPS) is 14.6. The summed E-state index contributed by atoms with van der Waals surface area (Å²) in [7, 11) is 3.28. The van der Waals surface area contributed by atoms with Crippen molar-refractivity contribution in [2.75, 3.05) is 66.6 Å². The summed E-state index contributed by atoms with van der Waals surface area (Å²) in [6.07, 6.45) is 4.28. The number of carbonyl (C=O) groups excluding carboxylic acids is 1. The predicted molar refractivity (Wildman–Crippen MR) is 132 cm³/mol. The average molecular weight is 515 g/mol. The van der Waals surface area contributed by atoms with Gasteiger partial charge in [-0.3, -0.25) is 4.90 Å². The van der Waals surface area contributed by atoms with E-state index in [1.807, 2.05) is 17.0 Å². The summed E-state index contributed by atoms with van der Waals surface area (Å²) >= 11 is 3.63. The van der Waals surface area contributed by atoms with Gasteiger partial charge in [0.05, 0.1) is 20.8 Å². The molecular formula is C24H40BrN3O4. The minimum absolute atomic E-state index is 0.180. The molecule has 1 saturated heterocycles. The third-order valence-corrected chi connectivity index (χ3v) is 6.80. The summed E-state index contributed by atoms with van der Waals surface area (Å²) in [6, 6.07) is 3.94. The average Bonchev–Trinajstić information content (AvgIpc) is 2.82. The number of nitrogens with zero attached hydrogens (tertiary/aromatic N) is 3. The van der Waals surface area contributed by atoms with E-state index in [4.69, 9.17) is 14.2 Å². The highest BCUT2D eigenvalue weighted by molar-refractivity contribution is 9.10. The molecule has 32 heavy (non-hydrogen) atoms. The topological polar surface area (TPSA) is 54.5 Å². The van der Waals surface area contributed by atoms with E-state index in [1.165, 1.54) is 12.8 Å². The van der Waals surface area contributed by atoms with Crippen molar-refractivity contribution in [3.63, 3.8) is 0 Å². The fourth-order valence-electron chi connectivity index (χ4n) is 3.93. The largest absolute Gasteiger partial charge is 0.493 e. The van der Waals surface area contributed by atoms with Crippen molar-refractivity contribution in [3.05, 3.63) is 22.2 Å². The van der Waals surface area contributed by atoms with Crippen LogP contribution in [-0.2, 0) is 11.3 Å². The summed E-state index contributed by atoms with van der Waals surface area (Å²) in [6.45, 7) is 12.1. The standard InChI is InChI=1S/C24H40BrN3O4/c1-5-26(6-2)11-9-7-8-10-16-32-24(29)28-14-12-27(13-15-28)19-20-17-22(30-3)23(31-4)18-21(20)25/h17-18H,5-16,19H2,1-4H3. The molecule has 8 heteroatoms. The Balaban J connectivity index is 1.65. The second kappa shape index (κ2) is 14.6. The van der Waals surface area contributed by atoms with Crippen molar-refractivity contribution in [2.24, 2.45) is 0 Å². The molecule has 182 valence electrons. The van der Waals surface area contributed by atoms with Gasteiger partial charge in [0.15, 0.2) is 11.5 Å². The third-order valence-electron chi connectivity index (χ3n) is 6.07. The SMILES string of the molecule is CCN(CC)CCCCCCOC(=O)N1CCN(Cc2cc(OC)c(OC)cc2Br)CC1. The molecule has 1 aromatic rings. The maximum Gasteiger partial charge on any atom is 0.409 e. The Kier molecular flexibility index (Phi) is 12.2. The molecule has 1 aliphatic rings. The second-order valence-corrected chi connectivity index (χ2v) is 8.97. The fourth-order valence-corrected chi connectivity index (χ4v) is 4.38. The van der Waals surface area contributed by atoms with E-state index < -0.39 is 0 Å². The van der Waals surface area contributed by atoms with Gasteiger partial charge < -0.3 is 24.0 Å². The van der Waals surface area contributed by atoms with E-state index in [-0.39, 0.29) is 6.09 Å². The number of piperazine rings is 1. The van der Waals surface area contributed by atoms with E-state index in [0.717, 1.165) is 67.9 Å². The Labute approximate surface area is 202 Å². The molecule has 0 radical (unpaired) electrons. The van der Waals surface area contributed by atoms with Crippen LogP contribution in [0.25, 0.3) is 0 Å². The van der Waals surface area contributed by atoms with Crippen LogP contribution < -0.4 is 9.47 Å². The van der Waals surface area contributed by atoms with E-state index >= 15 is 0 Å². The maximum atomic E-state index is 12.4. The Bertz CT molecular complexity index is 692. The molecule has 7 nitrogen and oxygen atoms in total. The van der Waals surface area contributed by atoms with Crippen LogP contribution in [0.15, 0.2) is 16.6 Å². The predicted octanol–water partition coefficient (Wildman–Crippen LogP) is 4.62. The lowest BCUT2D eigenvalue weighted by molar-refractivity contribution is 0.0733. The highest BCUT2D eigenvalue weighted by Gasteiger charge is 2.23. The molecule has 0 bridgehead atoms. The first-order chi connectivity index (χ1) is 15.5. The number of methoxy groups -OCH3 is 2. The van der Waals surface area contributed by atoms with Gasteiger partial charge in [-0.2, -0.15) is 0 Å². The van der Waals surface area contributed by atoms with Crippen molar-refractivity contribution in [3.8, 4) is 11.5 Å². The van der Waals surface area contributed by atoms with Gasteiger partial charge in [-0.25, -0.2) is 4.79 Å². The van der Waals surface area contributed by atoms with Crippen molar-refractivity contribution < 1.29 is 19.0 Å². The summed E-state index contributed by atoms with van der Waals surface area (Å²) < 4.78 is 17.3. The first-order valence-corrected chi connectivity index (χ1v) is 12.6. The van der Waals surface area contributed by atoms with Gasteiger partial charge in [0.25, 0.3) is 0 Å². The number of amides is 1. The Morgan fingerprint density at radius 2 is 1.59 bits per heavy atom. The van der Waals surface area contributed by atoms with Crippen molar-refractivity contribution in [1.29, 1.82) is 0 Å². The number of hydrogen-bond donors (Lipinski definition) is 0. The number of ether oxygens (including phenoxy) is 3. The van der Waals surface area contributed by atoms with Gasteiger partial charge in [-0.05, 0) is 50.2 Å². The van der Waals surface area contributed by atoms with Crippen LogP contribution >= 0.6 is 15.9 Å². The lowest BCUT2D eigenvalue weighted by atomic mass is 10.1. The zero-order valence-electron chi connectivity index (χ0n) is 20.2. The molecule has 1 fully saturated rings. The Hall–Kier alpha value is -1.51. The molecule has 0 spiro atoms. The zero-order chi connectivity index (χ0) is 23.3. The van der Waals surface area contributed by atoms with Crippen LogP contribution in [0.4, 0.5) is 4.79 Å². The highest BCUT2D eigenvalue weighted by Crippen LogP contribution is 2.34. The molecule has 1 amide bonds. The maximum absolute atomic E-state index is 12.4. The molecule has 1 heterocycles. The first-order valence-electron chi connectivity index (χ1n) is 11.8. The van der Waals surface area contributed by atoms with E-state index in [9.17, 15) is 4.79 Å². The van der Waals surface area contributed by atoms with Gasteiger partial charge >= 0.3 is 6.09 Å². The van der Waals surface area contributed by atoms with Crippen molar-refractivity contribution in [2.45, 2.75) is 46.1 Å². The van der Waals surface area contributed by atoms with E-state index in [0.29, 0.717) is 25.4 Å². The fraction of sp³-hybridized carbons (Fsp3) is 0.708. The monoisotopic (exact) mass is 513 g/mol. The van der Waals surface area contributed by atoms with Crippen LogP contribution in [0, 0.1) is 0 Å². The molecule has 0 atom stereocenters. The minimum atomic E-state index is -0.180. The molecular weight excluding hydrogens is 474 g/mol. The Morgan fingerprint density at radius 1 is 0.969 bits per heavy atom. The third kappa shape index (κ3) is 8.45. The van der Waals surface area contributed by atoms with Crippen LogP contribution in [0.1, 0.15) is 45.1 Å². The summed E-state index contributed by atoms with van der Waals surface area (Å²) in [5.74, 6) is 1.43. The number of unbranched alkanes of at least 4 members (excludes halogenated alkanes) is 3. The molecule has 0 aliphatic carbocycles. The number of rotatable bonds is 13. The summed E-state index contributed by atoms with van der Waals surface area (Å²) in [5.41, 5.74) is 1.14. The van der Waals surface area contributed by atoms with Crippen molar-refractivity contribution >= 4 is 22.0 Å². The van der Waals surface area contributed by atoms with Gasteiger partial charge in [-0.15, -0.1) is 0 Å². The second-order valence-electron chi connectivity index (χ2n) is 8.12. The minimum Gasteiger partial charge on any atom is -0.493 e. The summed E-state index contributed by atoms with van der Waals surface area (Å²) in [4.78, 5) is 19.0. The van der Waals surface area contributed by atoms with Crippen LogP contribution in [0.5, 0.6) is 11.5 Å². The molecule has 1 aliphatic heterocycles. The summed E-state index contributed by atoms with van der Waals surface area (Å²) in [5, 5.41) is 0. The van der Waals surface area contributed by atoms with Gasteiger partial charge in [0.1, 0.15) is 0 Å². The molecule has 0 aromatic heterocycles. The molecule has 0 unspecified atom stereocenters.